The first kappa shape index (κ1) is 12.2. The topological polar surface area (TPSA) is 56.3 Å². The molecule has 0 unspecified atom stereocenters. The highest BCUT2D eigenvalue weighted by molar-refractivity contribution is 7.14. The van der Waals surface area contributed by atoms with Crippen molar-refractivity contribution in [3.05, 3.63) is 48.1 Å². The molecule has 0 spiro atoms. The van der Waals surface area contributed by atoms with Gasteiger partial charge >= 0.3 is 0 Å². The van der Waals surface area contributed by atoms with Crippen LogP contribution in [0.4, 0.5) is 10.8 Å². The molecule has 0 aliphatic carbocycles. The first-order valence-electron chi connectivity index (χ1n) is 6.41. The van der Waals surface area contributed by atoms with Gasteiger partial charge in [0.05, 0.1) is 5.69 Å². The first-order chi connectivity index (χ1) is 10.4. The van der Waals surface area contributed by atoms with E-state index in [-0.39, 0.29) is 6.79 Å². The van der Waals surface area contributed by atoms with Crippen LogP contribution in [0, 0.1) is 0 Å². The summed E-state index contributed by atoms with van der Waals surface area (Å²) in [4.78, 5) is 8.67. The highest BCUT2D eigenvalue weighted by atomic mass is 32.1. The largest absolute Gasteiger partial charge is 0.454 e. The number of hydrogen-bond acceptors (Lipinski definition) is 6. The molecule has 0 atom stereocenters. The van der Waals surface area contributed by atoms with Crippen LogP contribution in [0.1, 0.15) is 0 Å². The molecule has 1 aliphatic heterocycles. The molecule has 3 aromatic rings. The number of rotatable bonds is 3. The Morgan fingerprint density at radius 1 is 1.14 bits per heavy atom. The van der Waals surface area contributed by atoms with Crippen molar-refractivity contribution in [2.75, 3.05) is 12.1 Å². The zero-order valence-electron chi connectivity index (χ0n) is 10.9. The van der Waals surface area contributed by atoms with Crippen LogP contribution in [0.5, 0.6) is 11.5 Å². The number of thiazole rings is 1. The maximum Gasteiger partial charge on any atom is 0.231 e. The van der Waals surface area contributed by atoms with Crippen molar-refractivity contribution in [3.63, 3.8) is 0 Å². The third kappa shape index (κ3) is 2.41. The van der Waals surface area contributed by atoms with Gasteiger partial charge in [0.25, 0.3) is 0 Å². The van der Waals surface area contributed by atoms with E-state index >= 15 is 0 Å². The number of pyridine rings is 1. The normalized spacial score (nSPS) is 12.4. The molecule has 1 aliphatic rings. The third-order valence-corrected chi connectivity index (χ3v) is 3.84. The number of anilines is 2. The highest BCUT2D eigenvalue weighted by Gasteiger charge is 2.13. The van der Waals surface area contributed by atoms with E-state index in [1.54, 1.807) is 23.7 Å². The van der Waals surface area contributed by atoms with Gasteiger partial charge in [-0.1, -0.05) is 0 Å². The van der Waals surface area contributed by atoms with Crippen molar-refractivity contribution in [1.82, 2.24) is 9.97 Å². The minimum atomic E-state index is 0.279. The average Bonchev–Trinajstić information content (AvgIpc) is 3.17. The molecule has 6 heteroatoms. The lowest BCUT2D eigenvalue weighted by atomic mass is 10.2. The molecule has 1 N–H and O–H groups in total. The minimum absolute atomic E-state index is 0.279. The number of benzene rings is 1. The Kier molecular flexibility index (Phi) is 2.93. The fourth-order valence-corrected chi connectivity index (χ4v) is 2.82. The van der Waals surface area contributed by atoms with E-state index in [0.29, 0.717) is 0 Å². The quantitative estimate of drug-likeness (QED) is 0.799. The lowest BCUT2D eigenvalue weighted by Gasteiger charge is -2.03. The zero-order chi connectivity index (χ0) is 14.1. The van der Waals surface area contributed by atoms with E-state index in [0.717, 1.165) is 33.6 Å². The molecule has 0 fully saturated rings. The fraction of sp³-hybridized carbons (Fsp3) is 0.0667. The van der Waals surface area contributed by atoms with Crippen LogP contribution in [-0.2, 0) is 0 Å². The summed E-state index contributed by atoms with van der Waals surface area (Å²) in [5.41, 5.74) is 2.84. The fourth-order valence-electron chi connectivity index (χ4n) is 2.08. The van der Waals surface area contributed by atoms with Gasteiger partial charge in [0, 0.05) is 35.1 Å². The summed E-state index contributed by atoms with van der Waals surface area (Å²) < 4.78 is 10.7. The molecule has 0 radical (unpaired) electrons. The van der Waals surface area contributed by atoms with Gasteiger partial charge in [-0.15, -0.1) is 11.3 Å². The highest BCUT2D eigenvalue weighted by Crippen LogP contribution is 2.35. The standard InChI is InChI=1S/C15H11N3O2S/c1-2-10(7-16-5-1)12-8-21-15(18-12)17-11-3-4-13-14(6-11)20-9-19-13/h1-8H,9H2,(H,17,18). The number of hydrogen-bond donors (Lipinski definition) is 1. The summed E-state index contributed by atoms with van der Waals surface area (Å²) in [6, 6.07) is 9.64. The van der Waals surface area contributed by atoms with E-state index in [4.69, 9.17) is 9.47 Å². The molecule has 3 heterocycles. The lowest BCUT2D eigenvalue weighted by molar-refractivity contribution is 0.174. The summed E-state index contributed by atoms with van der Waals surface area (Å²) in [6.07, 6.45) is 3.56. The van der Waals surface area contributed by atoms with Crippen LogP contribution in [-0.4, -0.2) is 16.8 Å². The number of nitrogens with zero attached hydrogens (tertiary/aromatic N) is 2. The Morgan fingerprint density at radius 3 is 3.00 bits per heavy atom. The molecule has 1 aromatic carbocycles. The van der Waals surface area contributed by atoms with E-state index in [1.165, 1.54) is 0 Å². The first-order valence-corrected chi connectivity index (χ1v) is 7.29. The van der Waals surface area contributed by atoms with E-state index in [2.05, 4.69) is 15.3 Å². The molecule has 0 bridgehead atoms. The SMILES string of the molecule is c1cncc(-c2csc(Nc3ccc4c(c3)OCO4)n2)c1. The minimum Gasteiger partial charge on any atom is -0.454 e. The maximum atomic E-state index is 5.36. The number of nitrogens with one attached hydrogen (secondary N) is 1. The Bertz CT molecular complexity index is 774. The molecule has 104 valence electrons. The molecule has 5 nitrogen and oxygen atoms in total. The Morgan fingerprint density at radius 2 is 2.10 bits per heavy atom. The van der Waals surface area contributed by atoms with Crippen molar-refractivity contribution in [1.29, 1.82) is 0 Å². The van der Waals surface area contributed by atoms with E-state index < -0.39 is 0 Å². The number of aromatic nitrogens is 2. The average molecular weight is 297 g/mol. The van der Waals surface area contributed by atoms with Gasteiger partial charge in [0.1, 0.15) is 0 Å². The molecule has 0 saturated heterocycles. The van der Waals surface area contributed by atoms with Crippen molar-refractivity contribution in [2.24, 2.45) is 0 Å². The molecule has 4 rings (SSSR count). The van der Waals surface area contributed by atoms with Crippen molar-refractivity contribution in [3.8, 4) is 22.8 Å². The van der Waals surface area contributed by atoms with Crippen molar-refractivity contribution in [2.45, 2.75) is 0 Å². The van der Waals surface area contributed by atoms with Gasteiger partial charge in [0.15, 0.2) is 16.6 Å². The van der Waals surface area contributed by atoms with Gasteiger partial charge in [-0.3, -0.25) is 4.98 Å². The van der Waals surface area contributed by atoms with Crippen LogP contribution >= 0.6 is 11.3 Å². The van der Waals surface area contributed by atoms with Gasteiger partial charge in [-0.05, 0) is 24.3 Å². The van der Waals surface area contributed by atoms with Crippen LogP contribution in [0.15, 0.2) is 48.1 Å². The van der Waals surface area contributed by atoms with Gasteiger partial charge in [0.2, 0.25) is 6.79 Å². The second-order valence-corrected chi connectivity index (χ2v) is 5.33. The zero-order valence-corrected chi connectivity index (χ0v) is 11.8. The number of fused-ring (bicyclic) bond motifs is 1. The molecule has 2 aromatic heterocycles. The molecule has 0 saturated carbocycles. The van der Waals surface area contributed by atoms with Gasteiger partial charge in [-0.2, -0.15) is 0 Å². The maximum absolute atomic E-state index is 5.36. The Balaban J connectivity index is 1.57. The lowest BCUT2D eigenvalue weighted by Crippen LogP contribution is -1.93. The molecular weight excluding hydrogens is 286 g/mol. The molecule has 21 heavy (non-hydrogen) atoms. The Hall–Kier alpha value is -2.60. The van der Waals surface area contributed by atoms with Crippen LogP contribution < -0.4 is 14.8 Å². The number of ether oxygens (including phenoxy) is 2. The van der Waals surface area contributed by atoms with Crippen LogP contribution in [0.25, 0.3) is 11.3 Å². The van der Waals surface area contributed by atoms with E-state index in [9.17, 15) is 0 Å². The Labute approximate surface area is 125 Å². The van der Waals surface area contributed by atoms with Crippen LogP contribution in [0.2, 0.25) is 0 Å². The van der Waals surface area contributed by atoms with Crippen molar-refractivity contribution < 1.29 is 9.47 Å². The second-order valence-electron chi connectivity index (χ2n) is 4.47. The monoisotopic (exact) mass is 297 g/mol. The summed E-state index contributed by atoms with van der Waals surface area (Å²) in [5.74, 6) is 1.53. The summed E-state index contributed by atoms with van der Waals surface area (Å²) in [7, 11) is 0. The van der Waals surface area contributed by atoms with E-state index in [1.807, 2.05) is 35.7 Å². The van der Waals surface area contributed by atoms with Crippen molar-refractivity contribution >= 4 is 22.2 Å². The third-order valence-electron chi connectivity index (χ3n) is 3.09. The molecule has 0 amide bonds. The van der Waals surface area contributed by atoms with Crippen LogP contribution in [0.3, 0.4) is 0 Å². The predicted octanol–water partition coefficient (Wildman–Crippen LogP) is 3.68. The molecular formula is C15H11N3O2S. The second kappa shape index (κ2) is 5.06. The smallest absolute Gasteiger partial charge is 0.231 e. The van der Waals surface area contributed by atoms with Gasteiger partial charge in [-0.25, -0.2) is 4.98 Å². The summed E-state index contributed by atoms with van der Waals surface area (Å²) in [5, 5.41) is 6.11. The summed E-state index contributed by atoms with van der Waals surface area (Å²) in [6.45, 7) is 0.279. The predicted molar refractivity (Wildman–Crippen MR) is 81.2 cm³/mol. The summed E-state index contributed by atoms with van der Waals surface area (Å²) >= 11 is 1.55. The van der Waals surface area contributed by atoms with Gasteiger partial charge < -0.3 is 14.8 Å².